The van der Waals surface area contributed by atoms with Gasteiger partial charge in [0.25, 0.3) is 5.91 Å². The number of fused-ring (bicyclic) bond motifs is 1. The van der Waals surface area contributed by atoms with E-state index in [2.05, 4.69) is 12.1 Å². The fourth-order valence-electron chi connectivity index (χ4n) is 4.17. The van der Waals surface area contributed by atoms with E-state index < -0.39 is 0 Å². The van der Waals surface area contributed by atoms with Gasteiger partial charge in [0, 0.05) is 55.4 Å². The van der Waals surface area contributed by atoms with Gasteiger partial charge < -0.3 is 14.5 Å². The topological polar surface area (TPSA) is 49.9 Å². The number of rotatable bonds is 7. The number of nitrogens with zero attached hydrogens (tertiary/aromatic N) is 2. The molecule has 0 radical (unpaired) electrons. The van der Waals surface area contributed by atoms with Crippen molar-refractivity contribution < 1.29 is 18.7 Å². The fraction of sp³-hybridized carbons (Fsp3) is 0.360. The molecule has 0 spiro atoms. The molecule has 5 nitrogen and oxygen atoms in total. The molecule has 0 aliphatic carbocycles. The van der Waals surface area contributed by atoms with Crippen LogP contribution in [-0.2, 0) is 22.6 Å². The predicted molar refractivity (Wildman–Crippen MR) is 124 cm³/mol. The fourth-order valence-corrected chi connectivity index (χ4v) is 5.36. The Balaban J connectivity index is 1.36. The van der Waals surface area contributed by atoms with Gasteiger partial charge in [0.2, 0.25) is 5.91 Å². The van der Waals surface area contributed by atoms with Crippen LogP contribution in [0.3, 0.4) is 0 Å². The van der Waals surface area contributed by atoms with Crippen molar-refractivity contribution in [3.63, 3.8) is 0 Å². The van der Waals surface area contributed by atoms with Crippen molar-refractivity contribution in [3.8, 4) is 0 Å². The minimum absolute atomic E-state index is 0.117. The van der Waals surface area contributed by atoms with Crippen LogP contribution < -0.4 is 0 Å². The predicted octanol–water partition coefficient (Wildman–Crippen LogP) is 4.49. The van der Waals surface area contributed by atoms with Crippen LogP contribution in [0.2, 0.25) is 0 Å². The second-order valence-corrected chi connectivity index (χ2v) is 9.02. The van der Waals surface area contributed by atoms with Crippen LogP contribution >= 0.6 is 11.3 Å². The van der Waals surface area contributed by atoms with Crippen molar-refractivity contribution >= 4 is 33.2 Å². The third-order valence-corrected chi connectivity index (χ3v) is 7.05. The number of halogens is 1. The maximum Gasteiger partial charge on any atom is 0.264 e. The number of thiophene rings is 1. The smallest absolute Gasteiger partial charge is 0.264 e. The lowest BCUT2D eigenvalue weighted by Crippen LogP contribution is -2.50. The largest absolute Gasteiger partial charge is 0.380 e. The molecule has 0 N–H and O–H groups in total. The van der Waals surface area contributed by atoms with E-state index in [4.69, 9.17) is 4.74 Å². The summed E-state index contributed by atoms with van der Waals surface area (Å²) < 4.78 is 20.4. The number of hydrogen-bond donors (Lipinski definition) is 0. The second-order valence-electron chi connectivity index (χ2n) is 7.97. The summed E-state index contributed by atoms with van der Waals surface area (Å²) in [7, 11) is 1.54. The van der Waals surface area contributed by atoms with Crippen LogP contribution in [0.4, 0.5) is 4.39 Å². The molecular formula is C25H27FN2O3S. The van der Waals surface area contributed by atoms with Crippen LogP contribution in [0.5, 0.6) is 0 Å². The molecular weight excluding hydrogens is 427 g/mol. The van der Waals surface area contributed by atoms with E-state index in [0.29, 0.717) is 48.4 Å². The molecule has 0 unspecified atom stereocenters. The van der Waals surface area contributed by atoms with Crippen molar-refractivity contribution in [3.05, 3.63) is 70.4 Å². The third-order valence-electron chi connectivity index (χ3n) is 5.86. The first-order valence-electron chi connectivity index (χ1n) is 10.9. The molecule has 3 aromatic rings. The Morgan fingerprint density at radius 1 is 1.00 bits per heavy atom. The molecule has 0 saturated carbocycles. The van der Waals surface area contributed by atoms with E-state index in [1.165, 1.54) is 23.0 Å². The number of methoxy groups -OCH3 is 1. The molecule has 2 aromatic carbocycles. The molecule has 1 aliphatic heterocycles. The van der Waals surface area contributed by atoms with E-state index in [-0.39, 0.29) is 24.2 Å². The highest BCUT2D eigenvalue weighted by Crippen LogP contribution is 2.34. The Bertz CT molecular complexity index is 1090. The van der Waals surface area contributed by atoms with Crippen molar-refractivity contribution in [2.75, 3.05) is 33.3 Å². The zero-order valence-electron chi connectivity index (χ0n) is 18.2. The summed E-state index contributed by atoms with van der Waals surface area (Å²) in [6, 6.07) is 15.0. The Hall–Kier alpha value is -2.77. The first kappa shape index (κ1) is 22.4. The molecule has 7 heteroatoms. The minimum atomic E-state index is -0.337. The highest BCUT2D eigenvalue weighted by Gasteiger charge is 2.28. The first-order valence-corrected chi connectivity index (χ1v) is 11.7. The van der Waals surface area contributed by atoms with Gasteiger partial charge in [-0.3, -0.25) is 9.59 Å². The Labute approximate surface area is 191 Å². The summed E-state index contributed by atoms with van der Waals surface area (Å²) in [4.78, 5) is 30.0. The van der Waals surface area contributed by atoms with Crippen molar-refractivity contribution in [1.29, 1.82) is 0 Å². The zero-order chi connectivity index (χ0) is 22.5. The Morgan fingerprint density at radius 2 is 1.72 bits per heavy atom. The van der Waals surface area contributed by atoms with E-state index in [0.717, 1.165) is 17.5 Å². The first-order chi connectivity index (χ1) is 15.6. The van der Waals surface area contributed by atoms with Gasteiger partial charge in [0.05, 0.1) is 11.5 Å². The number of ether oxygens (including phenoxy) is 1. The van der Waals surface area contributed by atoms with Gasteiger partial charge in [-0.15, -0.1) is 11.3 Å². The number of aryl methyl sites for hydroxylation is 1. The lowest BCUT2D eigenvalue weighted by Gasteiger charge is -2.34. The number of hydrogen-bond acceptors (Lipinski definition) is 4. The summed E-state index contributed by atoms with van der Waals surface area (Å²) >= 11 is 1.30. The highest BCUT2D eigenvalue weighted by atomic mass is 32.1. The molecule has 32 heavy (non-hydrogen) atoms. The lowest BCUT2D eigenvalue weighted by atomic mass is 10.1. The summed E-state index contributed by atoms with van der Waals surface area (Å²) in [6.07, 6.45) is 2.21. The van der Waals surface area contributed by atoms with Gasteiger partial charge in [-0.25, -0.2) is 4.39 Å². The summed E-state index contributed by atoms with van der Waals surface area (Å²) in [5.41, 5.74) is 1.84. The molecule has 4 rings (SSSR count). The highest BCUT2D eigenvalue weighted by molar-refractivity contribution is 7.21. The van der Waals surface area contributed by atoms with Gasteiger partial charge in [-0.1, -0.05) is 36.4 Å². The quantitative estimate of drug-likeness (QED) is 0.528. The average Bonchev–Trinajstić information content (AvgIpc) is 3.19. The number of piperazine rings is 1. The maximum absolute atomic E-state index is 14.4. The number of carbonyl (C=O) groups is 2. The Kier molecular flexibility index (Phi) is 7.17. The van der Waals surface area contributed by atoms with Crippen molar-refractivity contribution in [1.82, 2.24) is 9.80 Å². The van der Waals surface area contributed by atoms with Crippen molar-refractivity contribution in [2.24, 2.45) is 0 Å². The molecule has 2 amide bonds. The van der Waals surface area contributed by atoms with E-state index >= 15 is 0 Å². The summed E-state index contributed by atoms with van der Waals surface area (Å²) in [5, 5.41) is 0.468. The standard InChI is InChI=1S/C25H27FN2O3S/c1-31-17-19-23-20(26)10-6-11-21(23)32-24(19)25(30)28-15-13-27(14-16-28)22(29)12-5-9-18-7-3-2-4-8-18/h2-4,6-8,10-11H,5,9,12-17H2,1H3. The monoisotopic (exact) mass is 454 g/mol. The minimum Gasteiger partial charge on any atom is -0.380 e. The molecule has 0 atom stereocenters. The van der Waals surface area contributed by atoms with E-state index in [1.807, 2.05) is 29.2 Å². The van der Waals surface area contributed by atoms with Crippen LogP contribution in [-0.4, -0.2) is 54.9 Å². The van der Waals surface area contributed by atoms with Crippen LogP contribution in [0.15, 0.2) is 48.5 Å². The van der Waals surface area contributed by atoms with Gasteiger partial charge in [0.15, 0.2) is 0 Å². The van der Waals surface area contributed by atoms with Gasteiger partial charge in [0.1, 0.15) is 5.82 Å². The van der Waals surface area contributed by atoms with Crippen LogP contribution in [0, 0.1) is 5.82 Å². The molecule has 2 heterocycles. The van der Waals surface area contributed by atoms with E-state index in [1.54, 1.807) is 18.1 Å². The average molecular weight is 455 g/mol. The zero-order valence-corrected chi connectivity index (χ0v) is 19.0. The number of amides is 2. The lowest BCUT2D eigenvalue weighted by molar-refractivity contribution is -0.132. The SMILES string of the molecule is COCc1c(C(=O)N2CCN(C(=O)CCCc3ccccc3)CC2)sc2cccc(F)c12. The Morgan fingerprint density at radius 3 is 2.44 bits per heavy atom. The van der Waals surface area contributed by atoms with Gasteiger partial charge in [-0.05, 0) is 30.5 Å². The normalized spacial score (nSPS) is 14.2. The maximum atomic E-state index is 14.4. The molecule has 1 fully saturated rings. The van der Waals surface area contributed by atoms with Gasteiger partial charge >= 0.3 is 0 Å². The molecule has 168 valence electrons. The summed E-state index contributed by atoms with van der Waals surface area (Å²) in [5.74, 6) is -0.318. The molecule has 1 saturated heterocycles. The number of carbonyl (C=O) groups excluding carboxylic acids is 2. The number of benzene rings is 2. The second kappa shape index (κ2) is 10.2. The van der Waals surface area contributed by atoms with E-state index in [9.17, 15) is 14.0 Å². The van der Waals surface area contributed by atoms with Crippen molar-refractivity contribution in [2.45, 2.75) is 25.9 Å². The molecule has 1 aromatic heterocycles. The molecule has 0 bridgehead atoms. The van der Waals surface area contributed by atoms with Crippen LogP contribution in [0.1, 0.15) is 33.6 Å². The van der Waals surface area contributed by atoms with Gasteiger partial charge in [-0.2, -0.15) is 0 Å². The molecule has 1 aliphatic rings. The third kappa shape index (κ3) is 4.84. The summed E-state index contributed by atoms with van der Waals surface area (Å²) in [6.45, 7) is 2.18. The van der Waals surface area contributed by atoms with Crippen LogP contribution in [0.25, 0.3) is 10.1 Å².